The smallest absolute Gasteiger partial charge is 0.335 e. The van der Waals surface area contributed by atoms with Crippen molar-refractivity contribution >= 4 is 33.8 Å². The van der Waals surface area contributed by atoms with Crippen molar-refractivity contribution in [3.8, 4) is 0 Å². The molecule has 1 aliphatic rings. The van der Waals surface area contributed by atoms with Gasteiger partial charge in [0.15, 0.2) is 0 Å². The first-order valence-corrected chi connectivity index (χ1v) is 8.83. The van der Waals surface area contributed by atoms with Crippen LogP contribution in [0.15, 0.2) is 53.0 Å². The maximum absolute atomic E-state index is 12.9. The number of carboxylic acid groups (broad SMARTS) is 1. The van der Waals surface area contributed by atoms with Gasteiger partial charge in [0, 0.05) is 11.0 Å². The molecule has 2 aromatic rings. The number of nitrogens with one attached hydrogen (secondary N) is 1. The van der Waals surface area contributed by atoms with Gasteiger partial charge < -0.3 is 10.4 Å². The Morgan fingerprint density at radius 3 is 2.62 bits per heavy atom. The predicted octanol–water partition coefficient (Wildman–Crippen LogP) is 3.16. The van der Waals surface area contributed by atoms with Crippen LogP contribution in [0, 0.1) is 0 Å². The normalized spacial score (nSPS) is 19.5. The fourth-order valence-electron chi connectivity index (χ4n) is 3.00. The number of hydrogen-bond acceptors (Lipinski definition) is 3. The Balaban J connectivity index is 1.77. The Labute approximate surface area is 158 Å². The molecule has 1 atom stereocenters. The molecule has 1 heterocycles. The largest absolute Gasteiger partial charge is 0.478 e. The summed E-state index contributed by atoms with van der Waals surface area (Å²) in [5.41, 5.74) is 0.505. The second-order valence-electron chi connectivity index (χ2n) is 6.28. The molecule has 0 bridgehead atoms. The second kappa shape index (κ2) is 6.92. The number of nitrogens with zero attached hydrogens (tertiary/aromatic N) is 1. The van der Waals surface area contributed by atoms with E-state index in [-0.39, 0.29) is 18.0 Å². The lowest BCUT2D eigenvalue weighted by Gasteiger charge is -2.22. The minimum absolute atomic E-state index is 0.178. The Morgan fingerprint density at radius 1 is 1.19 bits per heavy atom. The van der Waals surface area contributed by atoms with E-state index in [1.165, 1.54) is 11.0 Å². The zero-order valence-electron chi connectivity index (χ0n) is 14.0. The molecular formula is C19H17BrN2O4. The summed E-state index contributed by atoms with van der Waals surface area (Å²) in [6, 6.07) is 13.3. The minimum Gasteiger partial charge on any atom is -0.478 e. The molecule has 26 heavy (non-hydrogen) atoms. The zero-order valence-corrected chi connectivity index (χ0v) is 15.6. The van der Waals surface area contributed by atoms with Crippen LogP contribution in [-0.2, 0) is 16.8 Å². The monoisotopic (exact) mass is 416 g/mol. The topological polar surface area (TPSA) is 86.7 Å². The number of benzene rings is 2. The third-order valence-corrected chi connectivity index (χ3v) is 4.97. The molecule has 0 spiro atoms. The van der Waals surface area contributed by atoms with Gasteiger partial charge in [0.1, 0.15) is 5.54 Å². The molecule has 3 amide bonds. The number of carbonyl (C=O) groups excluding carboxylic acids is 2. The summed E-state index contributed by atoms with van der Waals surface area (Å²) >= 11 is 3.38. The van der Waals surface area contributed by atoms with Crippen molar-refractivity contribution in [3.05, 3.63) is 69.7 Å². The van der Waals surface area contributed by atoms with Crippen LogP contribution in [0.3, 0.4) is 0 Å². The standard InChI is InChI=1S/C19H17BrN2O4/c1-19(14-6-3-7-15(20)11-14)17(25)22(18(26)21-19)9-8-12-4-2-5-13(10-12)16(23)24/h2-7,10-11H,8-9H2,1H3,(H,21,26)(H,23,24). The van der Waals surface area contributed by atoms with Gasteiger partial charge in [-0.3, -0.25) is 9.69 Å². The lowest BCUT2D eigenvalue weighted by Crippen LogP contribution is -2.41. The molecular weight excluding hydrogens is 400 g/mol. The van der Waals surface area contributed by atoms with Gasteiger partial charge in [0.25, 0.3) is 5.91 Å². The Hall–Kier alpha value is -2.67. The summed E-state index contributed by atoms with van der Waals surface area (Å²) in [5.74, 6) is -1.33. The molecule has 2 N–H and O–H groups in total. The Kier molecular flexibility index (Phi) is 4.82. The van der Waals surface area contributed by atoms with Crippen LogP contribution in [0.2, 0.25) is 0 Å². The quantitative estimate of drug-likeness (QED) is 0.732. The van der Waals surface area contributed by atoms with Crippen molar-refractivity contribution in [2.45, 2.75) is 18.9 Å². The summed E-state index contributed by atoms with van der Waals surface area (Å²) in [6.45, 7) is 1.86. The molecule has 0 aromatic heterocycles. The highest BCUT2D eigenvalue weighted by Crippen LogP contribution is 2.30. The van der Waals surface area contributed by atoms with Crippen LogP contribution in [0.4, 0.5) is 4.79 Å². The van der Waals surface area contributed by atoms with Crippen molar-refractivity contribution in [1.29, 1.82) is 0 Å². The van der Waals surface area contributed by atoms with Crippen LogP contribution >= 0.6 is 15.9 Å². The number of carbonyl (C=O) groups is 3. The summed E-state index contributed by atoms with van der Waals surface area (Å²) in [4.78, 5) is 37.5. The van der Waals surface area contributed by atoms with Gasteiger partial charge in [0.05, 0.1) is 5.56 Å². The molecule has 0 radical (unpaired) electrons. The first kappa shape index (κ1) is 18.1. The van der Waals surface area contributed by atoms with E-state index in [9.17, 15) is 14.4 Å². The predicted molar refractivity (Wildman–Crippen MR) is 98.8 cm³/mol. The van der Waals surface area contributed by atoms with Crippen LogP contribution in [0.1, 0.15) is 28.4 Å². The molecule has 7 heteroatoms. The molecule has 134 valence electrons. The SMILES string of the molecule is CC1(c2cccc(Br)c2)NC(=O)N(CCc2cccc(C(=O)O)c2)C1=O. The molecule has 3 rings (SSSR count). The second-order valence-corrected chi connectivity index (χ2v) is 7.19. The van der Waals surface area contributed by atoms with Crippen LogP contribution in [0.5, 0.6) is 0 Å². The maximum atomic E-state index is 12.9. The highest BCUT2D eigenvalue weighted by atomic mass is 79.9. The molecule has 2 aromatic carbocycles. The number of amides is 3. The Bertz CT molecular complexity index is 899. The lowest BCUT2D eigenvalue weighted by atomic mass is 9.92. The molecule has 1 unspecified atom stereocenters. The number of carboxylic acids is 1. The molecule has 1 fully saturated rings. The molecule has 1 aliphatic heterocycles. The Morgan fingerprint density at radius 2 is 1.92 bits per heavy atom. The first-order chi connectivity index (χ1) is 12.3. The third-order valence-electron chi connectivity index (χ3n) is 4.47. The van der Waals surface area contributed by atoms with Gasteiger partial charge in [-0.25, -0.2) is 9.59 Å². The molecule has 0 saturated carbocycles. The van der Waals surface area contributed by atoms with Gasteiger partial charge in [-0.1, -0.05) is 40.2 Å². The van der Waals surface area contributed by atoms with E-state index in [2.05, 4.69) is 21.2 Å². The summed E-state index contributed by atoms with van der Waals surface area (Å²) in [7, 11) is 0. The van der Waals surface area contributed by atoms with Crippen molar-refractivity contribution < 1.29 is 19.5 Å². The number of hydrogen-bond donors (Lipinski definition) is 2. The number of halogens is 1. The number of imide groups is 1. The number of rotatable bonds is 5. The van der Waals surface area contributed by atoms with E-state index in [4.69, 9.17) is 5.11 Å². The van der Waals surface area contributed by atoms with Crippen molar-refractivity contribution in [2.24, 2.45) is 0 Å². The van der Waals surface area contributed by atoms with Crippen LogP contribution in [-0.4, -0.2) is 34.5 Å². The number of aromatic carboxylic acids is 1. The van der Waals surface area contributed by atoms with E-state index in [0.717, 1.165) is 10.0 Å². The highest BCUT2D eigenvalue weighted by molar-refractivity contribution is 9.10. The van der Waals surface area contributed by atoms with Gasteiger partial charge in [-0.15, -0.1) is 0 Å². The number of urea groups is 1. The zero-order chi connectivity index (χ0) is 18.9. The summed E-state index contributed by atoms with van der Waals surface area (Å²) in [5, 5.41) is 11.8. The van der Waals surface area contributed by atoms with E-state index in [1.54, 1.807) is 37.3 Å². The van der Waals surface area contributed by atoms with Gasteiger partial charge in [-0.2, -0.15) is 0 Å². The van der Waals surface area contributed by atoms with Crippen LogP contribution < -0.4 is 5.32 Å². The van der Waals surface area contributed by atoms with E-state index in [1.807, 2.05) is 12.1 Å². The average Bonchev–Trinajstić information content (AvgIpc) is 2.83. The van der Waals surface area contributed by atoms with Crippen molar-refractivity contribution in [2.75, 3.05) is 6.54 Å². The highest BCUT2D eigenvalue weighted by Gasteiger charge is 2.48. The maximum Gasteiger partial charge on any atom is 0.335 e. The molecule has 0 aliphatic carbocycles. The van der Waals surface area contributed by atoms with Gasteiger partial charge in [-0.05, 0) is 48.7 Å². The van der Waals surface area contributed by atoms with Crippen molar-refractivity contribution in [1.82, 2.24) is 10.2 Å². The van der Waals surface area contributed by atoms with Gasteiger partial charge in [0.2, 0.25) is 0 Å². The lowest BCUT2D eigenvalue weighted by molar-refractivity contribution is -0.131. The molecule has 1 saturated heterocycles. The summed E-state index contributed by atoms with van der Waals surface area (Å²) in [6.07, 6.45) is 0.384. The minimum atomic E-state index is -1.12. The van der Waals surface area contributed by atoms with Gasteiger partial charge >= 0.3 is 12.0 Å². The fourth-order valence-corrected chi connectivity index (χ4v) is 3.40. The summed E-state index contributed by atoms with van der Waals surface area (Å²) < 4.78 is 0.821. The third kappa shape index (κ3) is 3.35. The fraction of sp³-hybridized carbons (Fsp3) is 0.211. The van der Waals surface area contributed by atoms with Crippen molar-refractivity contribution in [3.63, 3.8) is 0 Å². The average molecular weight is 417 g/mol. The van der Waals surface area contributed by atoms with E-state index in [0.29, 0.717) is 12.0 Å². The first-order valence-electron chi connectivity index (χ1n) is 8.03. The van der Waals surface area contributed by atoms with E-state index < -0.39 is 17.5 Å². The molecule has 6 nitrogen and oxygen atoms in total. The van der Waals surface area contributed by atoms with Crippen LogP contribution in [0.25, 0.3) is 0 Å². The van der Waals surface area contributed by atoms with E-state index >= 15 is 0 Å².